The van der Waals surface area contributed by atoms with E-state index in [4.69, 9.17) is 10.00 Å². The van der Waals surface area contributed by atoms with Crippen LogP contribution in [0.1, 0.15) is 28.9 Å². The Balaban J connectivity index is 2.04. The molecule has 0 aliphatic heterocycles. The number of benzene rings is 1. The van der Waals surface area contributed by atoms with E-state index in [-0.39, 0.29) is 0 Å². The lowest BCUT2D eigenvalue weighted by atomic mass is 10.2. The van der Waals surface area contributed by atoms with E-state index in [0.29, 0.717) is 13.0 Å². The number of rotatable bonds is 6. The molecule has 0 spiro atoms. The van der Waals surface area contributed by atoms with Crippen molar-refractivity contribution in [3.8, 4) is 11.8 Å². The summed E-state index contributed by atoms with van der Waals surface area (Å²) in [7, 11) is 0. The SMILES string of the molecule is CCCc1nc(COc2ccccc2)sc1CC#N. The van der Waals surface area contributed by atoms with Crippen LogP contribution in [0.25, 0.3) is 0 Å². The van der Waals surface area contributed by atoms with Crippen molar-refractivity contribution in [1.82, 2.24) is 4.98 Å². The Morgan fingerprint density at radius 3 is 2.79 bits per heavy atom. The number of hydrogen-bond acceptors (Lipinski definition) is 4. The van der Waals surface area contributed by atoms with E-state index in [0.717, 1.165) is 34.2 Å². The zero-order chi connectivity index (χ0) is 13.5. The van der Waals surface area contributed by atoms with Gasteiger partial charge in [-0.25, -0.2) is 4.98 Å². The molecule has 19 heavy (non-hydrogen) atoms. The van der Waals surface area contributed by atoms with E-state index in [1.165, 1.54) is 0 Å². The first kappa shape index (κ1) is 13.6. The van der Waals surface area contributed by atoms with Crippen LogP contribution in [0.2, 0.25) is 0 Å². The number of hydrogen-bond donors (Lipinski definition) is 0. The number of aromatic nitrogens is 1. The minimum absolute atomic E-state index is 0.443. The Kier molecular flexibility index (Phi) is 4.93. The van der Waals surface area contributed by atoms with Crippen LogP contribution in [-0.4, -0.2) is 4.98 Å². The monoisotopic (exact) mass is 272 g/mol. The van der Waals surface area contributed by atoms with Crippen molar-refractivity contribution in [3.05, 3.63) is 45.9 Å². The van der Waals surface area contributed by atoms with Gasteiger partial charge in [-0.1, -0.05) is 31.5 Å². The Morgan fingerprint density at radius 2 is 2.11 bits per heavy atom. The number of para-hydroxylation sites is 1. The number of thiazole rings is 1. The van der Waals surface area contributed by atoms with Gasteiger partial charge in [-0.3, -0.25) is 0 Å². The van der Waals surface area contributed by atoms with E-state index in [9.17, 15) is 0 Å². The minimum atomic E-state index is 0.443. The van der Waals surface area contributed by atoms with Gasteiger partial charge in [0.25, 0.3) is 0 Å². The third kappa shape index (κ3) is 3.80. The molecule has 0 unspecified atom stereocenters. The third-order valence-corrected chi connectivity index (χ3v) is 3.73. The van der Waals surface area contributed by atoms with Crippen LogP contribution in [0.3, 0.4) is 0 Å². The second kappa shape index (κ2) is 6.91. The normalized spacial score (nSPS) is 10.1. The Bertz CT molecular complexity index is 557. The molecule has 4 heteroatoms. The van der Waals surface area contributed by atoms with Crippen LogP contribution in [0.5, 0.6) is 5.75 Å². The predicted octanol–water partition coefficient (Wildman–Crippen LogP) is 3.74. The summed E-state index contributed by atoms with van der Waals surface area (Å²) in [5.74, 6) is 0.844. The molecule has 3 nitrogen and oxygen atoms in total. The van der Waals surface area contributed by atoms with Crippen molar-refractivity contribution in [3.63, 3.8) is 0 Å². The highest BCUT2D eigenvalue weighted by Gasteiger charge is 2.10. The molecule has 0 saturated heterocycles. The average Bonchev–Trinajstić information content (AvgIpc) is 2.81. The maximum absolute atomic E-state index is 8.83. The highest BCUT2D eigenvalue weighted by atomic mass is 32.1. The van der Waals surface area contributed by atoms with Crippen LogP contribution in [0, 0.1) is 11.3 Å². The molecule has 0 radical (unpaired) electrons. The van der Waals surface area contributed by atoms with Gasteiger partial charge in [-0.05, 0) is 18.6 Å². The smallest absolute Gasteiger partial charge is 0.140 e. The molecule has 0 saturated carbocycles. The average molecular weight is 272 g/mol. The van der Waals surface area contributed by atoms with Gasteiger partial charge in [0, 0.05) is 4.88 Å². The summed E-state index contributed by atoms with van der Waals surface area (Å²) in [6, 6.07) is 11.9. The Labute approximate surface area is 117 Å². The molecule has 0 bridgehead atoms. The first-order chi connectivity index (χ1) is 9.33. The lowest BCUT2D eigenvalue weighted by molar-refractivity contribution is 0.305. The molecule has 2 aromatic rings. The van der Waals surface area contributed by atoms with Gasteiger partial charge in [-0.15, -0.1) is 11.3 Å². The first-order valence-electron chi connectivity index (χ1n) is 6.35. The third-order valence-electron chi connectivity index (χ3n) is 2.65. The molecular formula is C15H16N2OS. The van der Waals surface area contributed by atoms with Crippen LogP contribution in [-0.2, 0) is 19.4 Å². The van der Waals surface area contributed by atoms with E-state index in [2.05, 4.69) is 18.0 Å². The van der Waals surface area contributed by atoms with Crippen molar-refractivity contribution < 1.29 is 4.74 Å². The van der Waals surface area contributed by atoms with E-state index >= 15 is 0 Å². The molecule has 1 heterocycles. The van der Waals surface area contributed by atoms with E-state index in [1.54, 1.807) is 11.3 Å². The fourth-order valence-corrected chi connectivity index (χ4v) is 2.76. The van der Waals surface area contributed by atoms with Crippen molar-refractivity contribution in [2.45, 2.75) is 32.8 Å². The zero-order valence-electron chi connectivity index (χ0n) is 10.9. The Hall–Kier alpha value is -1.86. The first-order valence-corrected chi connectivity index (χ1v) is 7.17. The fourth-order valence-electron chi connectivity index (χ4n) is 1.80. The lowest BCUT2D eigenvalue weighted by Crippen LogP contribution is -1.95. The molecule has 1 aromatic heterocycles. The molecule has 2 rings (SSSR count). The van der Waals surface area contributed by atoms with Crippen LogP contribution >= 0.6 is 11.3 Å². The summed E-state index contributed by atoms with van der Waals surface area (Å²) in [4.78, 5) is 5.66. The zero-order valence-corrected chi connectivity index (χ0v) is 11.7. The van der Waals surface area contributed by atoms with Crippen LogP contribution < -0.4 is 4.74 Å². The number of ether oxygens (including phenoxy) is 1. The van der Waals surface area contributed by atoms with Crippen LogP contribution in [0.15, 0.2) is 30.3 Å². The van der Waals surface area contributed by atoms with Gasteiger partial charge in [0.15, 0.2) is 0 Å². The quantitative estimate of drug-likeness (QED) is 0.804. The van der Waals surface area contributed by atoms with Gasteiger partial charge >= 0.3 is 0 Å². The fraction of sp³-hybridized carbons (Fsp3) is 0.333. The van der Waals surface area contributed by atoms with Crippen molar-refractivity contribution in [1.29, 1.82) is 5.26 Å². The standard InChI is InChI=1S/C15H16N2OS/c1-2-6-13-14(9-10-16)19-15(17-13)11-18-12-7-4-3-5-8-12/h3-5,7-8H,2,6,9,11H2,1H3. The van der Waals surface area contributed by atoms with Gasteiger partial charge in [0.2, 0.25) is 0 Å². The van der Waals surface area contributed by atoms with Crippen molar-refractivity contribution in [2.75, 3.05) is 0 Å². The highest BCUT2D eigenvalue weighted by molar-refractivity contribution is 7.11. The molecule has 0 aliphatic rings. The molecule has 0 fully saturated rings. The molecule has 0 N–H and O–H groups in total. The summed E-state index contributed by atoms with van der Waals surface area (Å²) >= 11 is 1.58. The van der Waals surface area contributed by atoms with Crippen molar-refractivity contribution >= 4 is 11.3 Å². The van der Waals surface area contributed by atoms with E-state index in [1.807, 2.05) is 30.3 Å². The molecular weight excluding hydrogens is 256 g/mol. The van der Waals surface area contributed by atoms with Gasteiger partial charge in [-0.2, -0.15) is 5.26 Å². The number of aryl methyl sites for hydroxylation is 1. The minimum Gasteiger partial charge on any atom is -0.486 e. The topological polar surface area (TPSA) is 45.9 Å². The predicted molar refractivity (Wildman–Crippen MR) is 76.2 cm³/mol. The summed E-state index contributed by atoms with van der Waals surface area (Å²) in [5, 5.41) is 9.77. The maximum atomic E-state index is 8.83. The molecule has 0 atom stereocenters. The lowest BCUT2D eigenvalue weighted by Gasteiger charge is -2.02. The molecule has 0 aliphatic carbocycles. The van der Waals surface area contributed by atoms with Gasteiger partial charge in [0.1, 0.15) is 17.4 Å². The second-order valence-corrected chi connectivity index (χ2v) is 5.33. The largest absolute Gasteiger partial charge is 0.486 e. The summed E-state index contributed by atoms with van der Waals surface area (Å²) in [6.07, 6.45) is 2.42. The summed E-state index contributed by atoms with van der Waals surface area (Å²) < 4.78 is 5.68. The Morgan fingerprint density at radius 1 is 1.32 bits per heavy atom. The highest BCUT2D eigenvalue weighted by Crippen LogP contribution is 2.22. The maximum Gasteiger partial charge on any atom is 0.140 e. The van der Waals surface area contributed by atoms with E-state index < -0.39 is 0 Å². The second-order valence-electron chi connectivity index (χ2n) is 4.16. The number of nitriles is 1. The van der Waals surface area contributed by atoms with Gasteiger partial charge < -0.3 is 4.74 Å². The number of nitrogens with zero attached hydrogens (tertiary/aromatic N) is 2. The molecule has 0 amide bonds. The van der Waals surface area contributed by atoms with Crippen molar-refractivity contribution in [2.24, 2.45) is 0 Å². The molecule has 98 valence electrons. The molecule has 1 aromatic carbocycles. The van der Waals surface area contributed by atoms with Crippen LogP contribution in [0.4, 0.5) is 0 Å². The summed E-state index contributed by atoms with van der Waals surface area (Å²) in [5.41, 5.74) is 1.06. The summed E-state index contributed by atoms with van der Waals surface area (Å²) in [6.45, 7) is 2.59. The van der Waals surface area contributed by atoms with Gasteiger partial charge in [0.05, 0.1) is 18.2 Å².